The smallest absolute Gasteiger partial charge is 0.386 e. The first kappa shape index (κ1) is 20.0. The maximum atomic E-state index is 10.8. The van der Waals surface area contributed by atoms with Gasteiger partial charge < -0.3 is 9.15 Å². The number of nitrogens with one attached hydrogen (secondary N) is 1. The van der Waals surface area contributed by atoms with Crippen molar-refractivity contribution in [3.05, 3.63) is 54.6 Å². The van der Waals surface area contributed by atoms with Gasteiger partial charge in [0.25, 0.3) is 0 Å². The van der Waals surface area contributed by atoms with Gasteiger partial charge in [0.05, 0.1) is 7.11 Å². The number of carbonyl (C=O) groups excluding carboxylic acids is 1. The van der Waals surface area contributed by atoms with E-state index in [1.165, 1.54) is 0 Å². The quantitative estimate of drug-likeness (QED) is 0.624. The number of halogens is 3. The summed E-state index contributed by atoms with van der Waals surface area (Å²) in [7, 11) is 1.61. The lowest BCUT2D eigenvalue weighted by Crippen LogP contribution is -1.95. The lowest BCUT2D eigenvalue weighted by molar-refractivity contribution is -0.110. The van der Waals surface area contributed by atoms with Crippen molar-refractivity contribution in [2.75, 3.05) is 12.4 Å². The average molecular weight is 378 g/mol. The first-order chi connectivity index (χ1) is 12.8. The fourth-order valence-corrected chi connectivity index (χ4v) is 2.12. The molecule has 27 heavy (non-hydrogen) atoms. The van der Waals surface area contributed by atoms with E-state index in [-0.39, 0.29) is 6.92 Å². The molecule has 142 valence electrons. The molecule has 0 radical (unpaired) electrons. The summed E-state index contributed by atoms with van der Waals surface area (Å²) in [6.45, 7) is 0.188. The third-order valence-corrected chi connectivity index (χ3v) is 3.20. The van der Waals surface area contributed by atoms with Gasteiger partial charge in [-0.2, -0.15) is 13.2 Å². The van der Waals surface area contributed by atoms with Crippen molar-refractivity contribution in [3.63, 3.8) is 0 Å². The molecule has 5 nitrogen and oxygen atoms in total. The Morgan fingerprint density at radius 2 is 1.63 bits per heavy atom. The van der Waals surface area contributed by atoms with E-state index in [1.807, 2.05) is 54.6 Å². The predicted molar refractivity (Wildman–Crippen MR) is 95.3 cm³/mol. The fraction of sp³-hybridized carbons (Fsp3) is 0.158. The number of methoxy groups -OCH3 is 1. The number of hydrogen-bond donors (Lipinski definition) is 1. The van der Waals surface area contributed by atoms with Crippen LogP contribution >= 0.6 is 0 Å². The van der Waals surface area contributed by atoms with Crippen LogP contribution < -0.4 is 10.1 Å². The first-order valence-electron chi connectivity index (χ1n) is 7.79. The Morgan fingerprint density at radius 1 is 1.04 bits per heavy atom. The van der Waals surface area contributed by atoms with Crippen LogP contribution in [0.15, 0.2) is 59.0 Å². The summed E-state index contributed by atoms with van der Waals surface area (Å²) in [6, 6.07) is 16.9. The van der Waals surface area contributed by atoms with Gasteiger partial charge in [0.2, 0.25) is 18.2 Å². The van der Waals surface area contributed by atoms with E-state index < -0.39 is 6.18 Å². The van der Waals surface area contributed by atoms with Crippen molar-refractivity contribution in [1.82, 2.24) is 4.98 Å². The van der Waals surface area contributed by atoms with Crippen LogP contribution in [0.25, 0.3) is 22.7 Å². The average Bonchev–Trinajstić information content (AvgIpc) is 3.05. The van der Waals surface area contributed by atoms with Gasteiger partial charge in [0, 0.05) is 18.1 Å². The van der Waals surface area contributed by atoms with E-state index in [9.17, 15) is 18.0 Å². The second-order valence-corrected chi connectivity index (χ2v) is 5.33. The molecule has 0 fully saturated rings. The monoisotopic (exact) mass is 378 g/mol. The Balaban J connectivity index is 0.000000465. The lowest BCUT2D eigenvalue weighted by Gasteiger charge is -1.99. The zero-order valence-corrected chi connectivity index (χ0v) is 14.6. The molecule has 0 saturated heterocycles. The number of amides is 1. The van der Waals surface area contributed by atoms with E-state index >= 15 is 0 Å². The maximum absolute atomic E-state index is 10.8. The van der Waals surface area contributed by atoms with Gasteiger partial charge in [-0.25, -0.2) is 4.98 Å². The standard InChI is InChI=1S/C17H14N2O3.C2H3F3/c1-21-14-9-7-13(8-10-14)16-19-15(17(22-16)18-11-20)12-5-3-2-4-6-12;1-2(3,4)5/h2-11H,1H3,(H,18,20);1H3. The van der Waals surface area contributed by atoms with E-state index in [0.29, 0.717) is 23.9 Å². The Labute approximate surface area is 153 Å². The lowest BCUT2D eigenvalue weighted by atomic mass is 10.1. The molecule has 1 N–H and O–H groups in total. The minimum absolute atomic E-state index is 0.188. The number of ether oxygens (including phenoxy) is 1. The molecule has 0 aliphatic carbocycles. The van der Waals surface area contributed by atoms with E-state index in [2.05, 4.69) is 10.3 Å². The molecule has 0 spiro atoms. The van der Waals surface area contributed by atoms with Crippen molar-refractivity contribution in [1.29, 1.82) is 0 Å². The molecule has 0 unspecified atom stereocenters. The minimum atomic E-state index is -4.00. The van der Waals surface area contributed by atoms with E-state index in [0.717, 1.165) is 16.9 Å². The number of hydrogen-bond acceptors (Lipinski definition) is 4. The molecule has 3 aromatic rings. The second kappa shape index (κ2) is 8.88. The van der Waals surface area contributed by atoms with Crippen LogP contribution in [0.1, 0.15) is 6.92 Å². The SMILES string of the molecule is CC(F)(F)F.COc1ccc(-c2nc(-c3ccccc3)c(NC=O)o2)cc1. The Morgan fingerprint density at radius 3 is 2.15 bits per heavy atom. The Hall–Kier alpha value is -3.29. The molecule has 8 heteroatoms. The van der Waals surface area contributed by atoms with Crippen LogP contribution in [0.5, 0.6) is 5.75 Å². The van der Waals surface area contributed by atoms with Gasteiger partial charge in [0.15, 0.2) is 0 Å². The molecule has 2 aromatic carbocycles. The number of aromatic nitrogens is 1. The Bertz CT molecular complexity index is 854. The van der Waals surface area contributed by atoms with Crippen LogP contribution in [-0.2, 0) is 4.79 Å². The van der Waals surface area contributed by atoms with Crippen molar-refractivity contribution in [3.8, 4) is 28.5 Å². The van der Waals surface area contributed by atoms with Crippen molar-refractivity contribution >= 4 is 12.3 Å². The summed E-state index contributed by atoms with van der Waals surface area (Å²) in [4.78, 5) is 15.3. The molecular formula is C19H17F3N2O3. The highest BCUT2D eigenvalue weighted by Gasteiger charge is 2.16. The number of nitrogens with zero attached hydrogens (tertiary/aromatic N) is 1. The zero-order chi connectivity index (χ0) is 19.9. The third-order valence-electron chi connectivity index (χ3n) is 3.20. The first-order valence-corrected chi connectivity index (χ1v) is 7.79. The molecule has 1 amide bonds. The van der Waals surface area contributed by atoms with Crippen LogP contribution in [0.3, 0.4) is 0 Å². The maximum Gasteiger partial charge on any atom is 0.386 e. The molecule has 0 aliphatic heterocycles. The predicted octanol–water partition coefficient (Wildman–Crippen LogP) is 5.15. The zero-order valence-electron chi connectivity index (χ0n) is 14.6. The van der Waals surface area contributed by atoms with Gasteiger partial charge in [0.1, 0.15) is 11.4 Å². The van der Waals surface area contributed by atoms with Gasteiger partial charge in [-0.15, -0.1) is 0 Å². The summed E-state index contributed by atoms with van der Waals surface area (Å²) in [5, 5.41) is 2.55. The highest BCUT2D eigenvalue weighted by molar-refractivity contribution is 5.81. The van der Waals surface area contributed by atoms with Gasteiger partial charge >= 0.3 is 6.18 Å². The number of anilines is 1. The second-order valence-electron chi connectivity index (χ2n) is 5.33. The molecule has 3 rings (SSSR count). The fourth-order valence-electron chi connectivity index (χ4n) is 2.12. The number of alkyl halides is 3. The van der Waals surface area contributed by atoms with E-state index in [4.69, 9.17) is 9.15 Å². The highest BCUT2D eigenvalue weighted by atomic mass is 19.4. The number of carbonyl (C=O) groups is 1. The van der Waals surface area contributed by atoms with Crippen LogP contribution in [0.4, 0.5) is 19.1 Å². The molecule has 1 aromatic heterocycles. The summed E-state index contributed by atoms with van der Waals surface area (Å²) in [5.74, 6) is 1.52. The van der Waals surface area contributed by atoms with Crippen LogP contribution in [0.2, 0.25) is 0 Å². The molecule has 0 atom stereocenters. The topological polar surface area (TPSA) is 64.4 Å². The van der Waals surface area contributed by atoms with Gasteiger partial charge in [-0.05, 0) is 24.3 Å². The number of benzene rings is 2. The summed E-state index contributed by atoms with van der Waals surface area (Å²) >= 11 is 0. The summed E-state index contributed by atoms with van der Waals surface area (Å²) in [6.07, 6.45) is -3.43. The van der Waals surface area contributed by atoms with Crippen LogP contribution in [0, 0.1) is 0 Å². The summed E-state index contributed by atoms with van der Waals surface area (Å²) < 4.78 is 41.9. The summed E-state index contributed by atoms with van der Waals surface area (Å²) in [5.41, 5.74) is 2.27. The molecule has 0 saturated carbocycles. The Kier molecular flexibility index (Phi) is 6.59. The highest BCUT2D eigenvalue weighted by Crippen LogP contribution is 2.32. The number of rotatable bonds is 5. The van der Waals surface area contributed by atoms with Crippen molar-refractivity contribution < 1.29 is 27.1 Å². The third kappa shape index (κ3) is 6.18. The molecule has 0 aliphatic rings. The van der Waals surface area contributed by atoms with Gasteiger partial charge in [-0.1, -0.05) is 30.3 Å². The molecule has 0 bridgehead atoms. The minimum Gasteiger partial charge on any atom is -0.497 e. The van der Waals surface area contributed by atoms with Gasteiger partial charge in [-0.3, -0.25) is 10.1 Å². The molecular weight excluding hydrogens is 361 g/mol. The number of oxazole rings is 1. The van der Waals surface area contributed by atoms with E-state index in [1.54, 1.807) is 7.11 Å². The normalized spacial score (nSPS) is 10.6. The van der Waals surface area contributed by atoms with Crippen LogP contribution in [-0.4, -0.2) is 24.7 Å². The van der Waals surface area contributed by atoms with Crippen molar-refractivity contribution in [2.45, 2.75) is 13.1 Å². The largest absolute Gasteiger partial charge is 0.497 e. The van der Waals surface area contributed by atoms with Crippen molar-refractivity contribution in [2.24, 2.45) is 0 Å². The molecule has 1 heterocycles.